The van der Waals surface area contributed by atoms with Gasteiger partial charge in [-0.3, -0.25) is 4.79 Å². The van der Waals surface area contributed by atoms with Crippen LogP contribution in [0.1, 0.15) is 26.2 Å². The number of nitrogens with one attached hydrogen (secondary N) is 1. The average Bonchev–Trinajstić information content (AvgIpc) is 2.47. The summed E-state index contributed by atoms with van der Waals surface area (Å²) >= 11 is 0. The molecule has 1 atom stereocenters. The maximum atomic E-state index is 12.0. The van der Waals surface area contributed by atoms with Crippen LogP contribution in [0.4, 0.5) is 0 Å². The minimum Gasteiger partial charge on any atom is -0.342 e. The van der Waals surface area contributed by atoms with Gasteiger partial charge in [-0.1, -0.05) is 0 Å². The molecule has 0 aromatic carbocycles. The molecule has 2 aliphatic heterocycles. The molecule has 0 radical (unpaired) electrons. The van der Waals surface area contributed by atoms with Crippen molar-refractivity contribution in [3.05, 3.63) is 0 Å². The molecule has 2 aliphatic rings. The summed E-state index contributed by atoms with van der Waals surface area (Å²) in [6.07, 6.45) is 3.31. The van der Waals surface area contributed by atoms with E-state index in [0.717, 1.165) is 45.4 Å². The molecule has 2 saturated heterocycles. The number of carbonyl (C=O) groups excluding carboxylic acids is 1. The van der Waals surface area contributed by atoms with E-state index in [1.54, 1.807) is 0 Å². The number of nitrogens with zero attached hydrogens (tertiary/aromatic N) is 1. The first-order valence-electron chi connectivity index (χ1n) is 5.29. The van der Waals surface area contributed by atoms with E-state index in [1.165, 1.54) is 0 Å². The van der Waals surface area contributed by atoms with Gasteiger partial charge in [-0.05, 0) is 32.7 Å². The summed E-state index contributed by atoms with van der Waals surface area (Å²) < 4.78 is 0. The normalized spacial score (nSPS) is 34.5. The van der Waals surface area contributed by atoms with E-state index in [2.05, 4.69) is 12.2 Å². The molecule has 0 aromatic heterocycles. The third-order valence-corrected chi connectivity index (χ3v) is 3.46. The minimum atomic E-state index is -0.0196. The van der Waals surface area contributed by atoms with Crippen LogP contribution in [0.15, 0.2) is 0 Å². The Kier molecular flexibility index (Phi) is 2.28. The first kappa shape index (κ1) is 9.00. The number of carbonyl (C=O) groups is 1. The van der Waals surface area contributed by atoms with Crippen molar-refractivity contribution < 1.29 is 4.79 Å². The number of hydrogen-bond donors (Lipinski definition) is 1. The van der Waals surface area contributed by atoms with Crippen LogP contribution in [0, 0.1) is 5.41 Å². The smallest absolute Gasteiger partial charge is 0.230 e. The zero-order chi connectivity index (χ0) is 9.31. The lowest BCUT2D eigenvalue weighted by atomic mass is 9.79. The van der Waals surface area contributed by atoms with Gasteiger partial charge in [0.1, 0.15) is 0 Å². The first-order valence-corrected chi connectivity index (χ1v) is 5.29. The molecular weight excluding hydrogens is 164 g/mol. The molecule has 13 heavy (non-hydrogen) atoms. The zero-order valence-electron chi connectivity index (χ0n) is 8.31. The molecule has 0 unspecified atom stereocenters. The van der Waals surface area contributed by atoms with Crippen LogP contribution in [0.2, 0.25) is 0 Å². The summed E-state index contributed by atoms with van der Waals surface area (Å²) in [5.74, 6) is 0.391. The summed E-state index contributed by atoms with van der Waals surface area (Å²) in [5.41, 5.74) is -0.0196. The van der Waals surface area contributed by atoms with Crippen LogP contribution in [-0.4, -0.2) is 37.0 Å². The van der Waals surface area contributed by atoms with Crippen molar-refractivity contribution in [3.8, 4) is 0 Å². The molecule has 2 rings (SSSR count). The van der Waals surface area contributed by atoms with Crippen LogP contribution in [0.25, 0.3) is 0 Å². The molecule has 74 valence electrons. The van der Waals surface area contributed by atoms with E-state index in [-0.39, 0.29) is 5.41 Å². The fourth-order valence-corrected chi connectivity index (χ4v) is 2.56. The summed E-state index contributed by atoms with van der Waals surface area (Å²) in [7, 11) is 0. The van der Waals surface area contributed by atoms with Gasteiger partial charge in [-0.25, -0.2) is 0 Å². The van der Waals surface area contributed by atoms with Crippen molar-refractivity contribution in [2.24, 2.45) is 5.41 Å². The Hall–Kier alpha value is -0.570. The number of piperidine rings is 1. The Balaban J connectivity index is 2.10. The second kappa shape index (κ2) is 3.29. The maximum Gasteiger partial charge on any atom is 0.230 e. The molecule has 1 N–H and O–H groups in total. The van der Waals surface area contributed by atoms with E-state index in [4.69, 9.17) is 0 Å². The van der Waals surface area contributed by atoms with Crippen molar-refractivity contribution in [1.29, 1.82) is 0 Å². The van der Waals surface area contributed by atoms with Gasteiger partial charge in [0.2, 0.25) is 5.91 Å². The van der Waals surface area contributed by atoms with E-state index in [1.807, 2.05) is 4.90 Å². The molecule has 0 aliphatic carbocycles. The van der Waals surface area contributed by atoms with Gasteiger partial charge in [0.05, 0.1) is 5.41 Å². The summed E-state index contributed by atoms with van der Waals surface area (Å²) in [4.78, 5) is 14.0. The predicted octanol–water partition coefficient (Wildman–Crippen LogP) is 0.608. The highest BCUT2D eigenvalue weighted by Gasteiger charge is 2.46. The third-order valence-electron chi connectivity index (χ3n) is 3.46. The first-order chi connectivity index (χ1) is 6.28. The van der Waals surface area contributed by atoms with Crippen LogP contribution in [0.5, 0.6) is 0 Å². The molecule has 0 bridgehead atoms. The summed E-state index contributed by atoms with van der Waals surface area (Å²) in [5, 5.41) is 3.35. The Morgan fingerprint density at radius 1 is 1.54 bits per heavy atom. The van der Waals surface area contributed by atoms with Crippen LogP contribution < -0.4 is 5.32 Å². The van der Waals surface area contributed by atoms with Crippen LogP contribution >= 0.6 is 0 Å². The van der Waals surface area contributed by atoms with Gasteiger partial charge in [0.15, 0.2) is 0 Å². The van der Waals surface area contributed by atoms with E-state index < -0.39 is 0 Å². The molecule has 0 saturated carbocycles. The van der Waals surface area contributed by atoms with Crippen molar-refractivity contribution in [2.45, 2.75) is 26.2 Å². The fraction of sp³-hybridized carbons (Fsp3) is 0.900. The minimum absolute atomic E-state index is 0.0196. The largest absolute Gasteiger partial charge is 0.342 e. The second-order valence-corrected chi connectivity index (χ2v) is 4.20. The fourth-order valence-electron chi connectivity index (χ4n) is 2.56. The van der Waals surface area contributed by atoms with Crippen molar-refractivity contribution in [1.82, 2.24) is 10.2 Å². The molecule has 0 aromatic rings. The molecule has 3 heteroatoms. The second-order valence-electron chi connectivity index (χ2n) is 4.20. The highest BCUT2D eigenvalue weighted by atomic mass is 16.2. The third kappa shape index (κ3) is 1.35. The van der Waals surface area contributed by atoms with Gasteiger partial charge in [0.25, 0.3) is 0 Å². The van der Waals surface area contributed by atoms with E-state index in [0.29, 0.717) is 5.91 Å². The van der Waals surface area contributed by atoms with E-state index >= 15 is 0 Å². The van der Waals surface area contributed by atoms with E-state index in [9.17, 15) is 4.79 Å². The van der Waals surface area contributed by atoms with Crippen LogP contribution in [0.3, 0.4) is 0 Å². The van der Waals surface area contributed by atoms with Crippen molar-refractivity contribution in [2.75, 3.05) is 26.2 Å². The summed E-state index contributed by atoms with van der Waals surface area (Å²) in [6, 6.07) is 0. The standard InChI is InChI=1S/C10H18N2O/c1-2-12-7-5-10(9(12)13)4-3-6-11-8-10/h11H,2-8H2,1H3/t10-/m1/s1. The molecule has 1 amide bonds. The monoisotopic (exact) mass is 182 g/mol. The number of rotatable bonds is 1. The SMILES string of the molecule is CCN1CC[C@@]2(CCCNC2)C1=O. The molecule has 3 nitrogen and oxygen atoms in total. The van der Waals surface area contributed by atoms with Crippen molar-refractivity contribution in [3.63, 3.8) is 0 Å². The quantitative estimate of drug-likeness (QED) is 0.644. The topological polar surface area (TPSA) is 32.3 Å². The van der Waals surface area contributed by atoms with Crippen molar-refractivity contribution >= 4 is 5.91 Å². The highest BCUT2D eigenvalue weighted by Crippen LogP contribution is 2.37. The zero-order valence-corrected chi connectivity index (χ0v) is 8.31. The number of amides is 1. The summed E-state index contributed by atoms with van der Waals surface area (Å²) in [6.45, 7) is 5.90. The Morgan fingerprint density at radius 3 is 2.92 bits per heavy atom. The number of hydrogen-bond acceptors (Lipinski definition) is 2. The molecule has 2 heterocycles. The van der Waals surface area contributed by atoms with Crippen LogP contribution in [-0.2, 0) is 4.79 Å². The van der Waals surface area contributed by atoms with Gasteiger partial charge in [-0.15, -0.1) is 0 Å². The number of likely N-dealkylation sites (tertiary alicyclic amines) is 1. The molecule has 1 spiro atoms. The van der Waals surface area contributed by atoms with Gasteiger partial charge < -0.3 is 10.2 Å². The predicted molar refractivity (Wildman–Crippen MR) is 51.4 cm³/mol. The van der Waals surface area contributed by atoms with Gasteiger partial charge >= 0.3 is 0 Å². The van der Waals surface area contributed by atoms with Gasteiger partial charge in [-0.2, -0.15) is 0 Å². The highest BCUT2D eigenvalue weighted by molar-refractivity contribution is 5.85. The average molecular weight is 182 g/mol. The molecule has 2 fully saturated rings. The lowest BCUT2D eigenvalue weighted by molar-refractivity contribution is -0.136. The Bertz CT molecular complexity index is 209. The molecular formula is C10H18N2O. The lowest BCUT2D eigenvalue weighted by Gasteiger charge is -2.31. The Labute approximate surface area is 79.5 Å². The van der Waals surface area contributed by atoms with Gasteiger partial charge in [0, 0.05) is 19.6 Å². The lowest BCUT2D eigenvalue weighted by Crippen LogP contribution is -2.45. The maximum absolute atomic E-state index is 12.0. The Morgan fingerprint density at radius 2 is 2.38 bits per heavy atom.